The van der Waals surface area contributed by atoms with Crippen LogP contribution < -0.4 is 10.0 Å². The van der Waals surface area contributed by atoms with Crippen molar-refractivity contribution in [3.05, 3.63) is 64.1 Å². The van der Waals surface area contributed by atoms with E-state index in [2.05, 4.69) is 10.0 Å². The third kappa shape index (κ3) is 8.61. The van der Waals surface area contributed by atoms with Gasteiger partial charge in [-0.2, -0.15) is 0 Å². The van der Waals surface area contributed by atoms with E-state index in [4.69, 9.17) is 23.2 Å². The fraction of sp³-hybridized carbons (Fsp3) is 0.238. The van der Waals surface area contributed by atoms with Gasteiger partial charge in [0.2, 0.25) is 21.8 Å². The first-order valence-electron chi connectivity index (χ1n) is 9.37. The maximum Gasteiger partial charge on any atom is 0.247 e. The average Bonchev–Trinajstić information content (AvgIpc) is 2.68. The molecular weight excluding hydrogens is 461 g/mol. The molecular formula is C21H23Cl2N3O4S. The molecule has 31 heavy (non-hydrogen) atoms. The van der Waals surface area contributed by atoms with E-state index < -0.39 is 15.9 Å². The molecule has 0 unspecified atom stereocenters. The van der Waals surface area contributed by atoms with Gasteiger partial charge in [0.1, 0.15) is 6.54 Å². The normalized spacial score (nSPS) is 11.4. The van der Waals surface area contributed by atoms with Gasteiger partial charge in [0, 0.05) is 23.3 Å². The quantitative estimate of drug-likeness (QED) is 0.520. The lowest BCUT2D eigenvalue weighted by molar-refractivity contribution is -0.130. The first-order chi connectivity index (χ1) is 14.6. The lowest BCUT2D eigenvalue weighted by Crippen LogP contribution is -2.37. The monoisotopic (exact) mass is 483 g/mol. The summed E-state index contributed by atoms with van der Waals surface area (Å²) in [6, 6.07) is 11.3. The first-order valence-corrected chi connectivity index (χ1v) is 12.0. The molecule has 0 aliphatic rings. The summed E-state index contributed by atoms with van der Waals surface area (Å²) >= 11 is 12.0. The highest BCUT2D eigenvalue weighted by atomic mass is 35.5. The summed E-state index contributed by atoms with van der Waals surface area (Å²) in [4.78, 5) is 26.4. The molecule has 166 valence electrons. The van der Waals surface area contributed by atoms with Gasteiger partial charge in [0.05, 0.1) is 17.0 Å². The van der Waals surface area contributed by atoms with Gasteiger partial charge in [-0.15, -0.1) is 0 Å². The highest BCUT2D eigenvalue weighted by molar-refractivity contribution is 7.92. The summed E-state index contributed by atoms with van der Waals surface area (Å²) in [5.41, 5.74) is 1.51. The Morgan fingerprint density at radius 3 is 2.39 bits per heavy atom. The number of hydrogen-bond donors (Lipinski definition) is 2. The number of hydrogen-bond acceptors (Lipinski definition) is 4. The fourth-order valence-electron chi connectivity index (χ4n) is 2.64. The molecule has 0 saturated heterocycles. The number of halogens is 2. The standard InChI is InChI=1S/C21H23Cl2N3O4S/c1-3-12-26(14-20(27)24-19-13-16(22)7-10-18(19)23)21(28)11-6-15-4-8-17(9-5-15)25-31(2,29)30/h4-11,13,25H,3,12,14H2,1-2H3,(H,24,27)/b11-6+. The van der Waals surface area contributed by atoms with Gasteiger partial charge >= 0.3 is 0 Å². The first kappa shape index (κ1) is 24.7. The maximum absolute atomic E-state index is 12.6. The molecule has 0 bridgehead atoms. The summed E-state index contributed by atoms with van der Waals surface area (Å²) in [6.45, 7) is 2.16. The second kappa shape index (κ2) is 11.2. The number of rotatable bonds is 9. The average molecular weight is 484 g/mol. The van der Waals surface area contributed by atoms with Crippen molar-refractivity contribution in [1.82, 2.24) is 4.90 Å². The molecule has 0 fully saturated rings. The Morgan fingerprint density at radius 1 is 1.10 bits per heavy atom. The summed E-state index contributed by atoms with van der Waals surface area (Å²) < 4.78 is 24.9. The van der Waals surface area contributed by atoms with Crippen molar-refractivity contribution >= 4 is 62.5 Å². The van der Waals surface area contributed by atoms with E-state index in [0.717, 1.165) is 6.26 Å². The number of benzene rings is 2. The largest absolute Gasteiger partial charge is 0.330 e. The third-order valence-electron chi connectivity index (χ3n) is 3.97. The second-order valence-electron chi connectivity index (χ2n) is 6.76. The van der Waals surface area contributed by atoms with Crippen LogP contribution in [0.2, 0.25) is 10.0 Å². The van der Waals surface area contributed by atoms with Crippen LogP contribution in [0.5, 0.6) is 0 Å². The molecule has 0 aromatic heterocycles. The third-order valence-corrected chi connectivity index (χ3v) is 5.15. The van der Waals surface area contributed by atoms with Crippen LogP contribution in [0.15, 0.2) is 48.5 Å². The van der Waals surface area contributed by atoms with Crippen LogP contribution in [0.25, 0.3) is 6.08 Å². The Morgan fingerprint density at radius 2 is 1.77 bits per heavy atom. The number of amides is 2. The van der Waals surface area contributed by atoms with Crippen LogP contribution in [0, 0.1) is 0 Å². The lowest BCUT2D eigenvalue weighted by atomic mass is 10.2. The van der Waals surface area contributed by atoms with Gasteiger partial charge in [0.15, 0.2) is 0 Å². The predicted octanol–water partition coefficient (Wildman–Crippen LogP) is 4.26. The van der Waals surface area contributed by atoms with Crippen molar-refractivity contribution in [3.63, 3.8) is 0 Å². The highest BCUT2D eigenvalue weighted by Crippen LogP contribution is 2.25. The van der Waals surface area contributed by atoms with Crippen molar-refractivity contribution in [1.29, 1.82) is 0 Å². The minimum Gasteiger partial charge on any atom is -0.330 e. The molecule has 2 N–H and O–H groups in total. The van der Waals surface area contributed by atoms with E-state index in [1.165, 1.54) is 17.0 Å². The minimum absolute atomic E-state index is 0.142. The Bertz CT molecular complexity index is 1070. The molecule has 2 rings (SSSR count). The molecule has 10 heteroatoms. The van der Waals surface area contributed by atoms with Gasteiger partial charge in [-0.05, 0) is 48.4 Å². The number of carbonyl (C=O) groups is 2. The Labute approximate surface area is 192 Å². The summed E-state index contributed by atoms with van der Waals surface area (Å²) in [7, 11) is -3.35. The Kier molecular flexibility index (Phi) is 8.91. The van der Waals surface area contributed by atoms with Crippen molar-refractivity contribution in [3.8, 4) is 0 Å². The number of nitrogens with zero attached hydrogens (tertiary/aromatic N) is 1. The summed E-state index contributed by atoms with van der Waals surface area (Å²) in [6.07, 6.45) is 4.71. The molecule has 7 nitrogen and oxygen atoms in total. The van der Waals surface area contributed by atoms with Gasteiger partial charge < -0.3 is 10.2 Å². The van der Waals surface area contributed by atoms with Gasteiger partial charge in [-0.1, -0.05) is 42.3 Å². The second-order valence-corrected chi connectivity index (χ2v) is 9.35. The summed E-state index contributed by atoms with van der Waals surface area (Å²) in [5, 5.41) is 3.44. The van der Waals surface area contributed by atoms with Gasteiger partial charge in [0.25, 0.3) is 0 Å². The zero-order valence-electron chi connectivity index (χ0n) is 17.1. The fourth-order valence-corrected chi connectivity index (χ4v) is 3.54. The molecule has 0 aliphatic carbocycles. The van der Waals surface area contributed by atoms with Crippen LogP contribution in [0.3, 0.4) is 0 Å². The minimum atomic E-state index is -3.35. The van der Waals surface area contributed by atoms with Gasteiger partial charge in [-0.25, -0.2) is 8.42 Å². The SMILES string of the molecule is CCCN(CC(=O)Nc1cc(Cl)ccc1Cl)C(=O)/C=C/c1ccc(NS(C)(=O)=O)cc1. The van der Waals surface area contributed by atoms with Crippen LogP contribution in [0.4, 0.5) is 11.4 Å². The van der Waals surface area contributed by atoms with Crippen LogP contribution >= 0.6 is 23.2 Å². The van der Waals surface area contributed by atoms with Crippen molar-refractivity contribution in [2.24, 2.45) is 0 Å². The Balaban J connectivity index is 2.02. The smallest absolute Gasteiger partial charge is 0.247 e. The molecule has 0 saturated carbocycles. The molecule has 2 aromatic carbocycles. The summed E-state index contributed by atoms with van der Waals surface area (Å²) in [5.74, 6) is -0.719. The molecule has 0 heterocycles. The zero-order chi connectivity index (χ0) is 23.0. The van der Waals surface area contributed by atoms with E-state index in [1.54, 1.807) is 42.5 Å². The van der Waals surface area contributed by atoms with E-state index in [9.17, 15) is 18.0 Å². The van der Waals surface area contributed by atoms with Crippen molar-refractivity contribution in [2.75, 3.05) is 29.4 Å². The van der Waals surface area contributed by atoms with E-state index >= 15 is 0 Å². The van der Waals surface area contributed by atoms with Crippen LogP contribution in [-0.4, -0.2) is 44.5 Å². The molecule has 0 aliphatic heterocycles. The maximum atomic E-state index is 12.6. The zero-order valence-corrected chi connectivity index (χ0v) is 19.4. The molecule has 2 amide bonds. The van der Waals surface area contributed by atoms with E-state index in [0.29, 0.717) is 39.9 Å². The number of nitrogens with one attached hydrogen (secondary N) is 2. The molecule has 0 atom stereocenters. The predicted molar refractivity (Wildman–Crippen MR) is 126 cm³/mol. The number of sulfonamides is 1. The van der Waals surface area contributed by atoms with Crippen molar-refractivity contribution in [2.45, 2.75) is 13.3 Å². The number of carbonyl (C=O) groups excluding carboxylic acids is 2. The van der Waals surface area contributed by atoms with Crippen LogP contribution in [0.1, 0.15) is 18.9 Å². The van der Waals surface area contributed by atoms with E-state index in [1.807, 2.05) is 6.92 Å². The van der Waals surface area contributed by atoms with Crippen molar-refractivity contribution < 1.29 is 18.0 Å². The van der Waals surface area contributed by atoms with Crippen LogP contribution in [-0.2, 0) is 19.6 Å². The Hall–Kier alpha value is -2.55. The molecule has 2 aromatic rings. The highest BCUT2D eigenvalue weighted by Gasteiger charge is 2.15. The molecule has 0 spiro atoms. The van der Waals surface area contributed by atoms with Gasteiger partial charge in [-0.3, -0.25) is 14.3 Å². The number of anilines is 2. The molecule has 0 radical (unpaired) electrons. The topological polar surface area (TPSA) is 95.6 Å². The van der Waals surface area contributed by atoms with E-state index in [-0.39, 0.29) is 12.5 Å². The lowest BCUT2D eigenvalue weighted by Gasteiger charge is -2.20.